The summed E-state index contributed by atoms with van der Waals surface area (Å²) in [5, 5.41) is 4.76. The van der Waals surface area contributed by atoms with Gasteiger partial charge in [0, 0.05) is 28.7 Å². The molecule has 4 aromatic rings. The van der Waals surface area contributed by atoms with Crippen LogP contribution in [0.15, 0.2) is 42.7 Å². The van der Waals surface area contributed by atoms with Crippen LogP contribution >= 0.6 is 11.3 Å². The molecule has 0 unspecified atom stereocenters. The molecule has 0 radical (unpaired) electrons. The molecule has 3 N–H and O–H groups in total. The van der Waals surface area contributed by atoms with E-state index >= 15 is 0 Å². The lowest BCUT2D eigenvalue weighted by Gasteiger charge is -2.29. The minimum Gasteiger partial charge on any atom is -0.444 e. The van der Waals surface area contributed by atoms with E-state index in [2.05, 4.69) is 20.3 Å². The van der Waals surface area contributed by atoms with Gasteiger partial charge in [-0.15, -0.1) is 11.3 Å². The van der Waals surface area contributed by atoms with Crippen molar-refractivity contribution in [2.45, 2.75) is 39.3 Å². The summed E-state index contributed by atoms with van der Waals surface area (Å²) < 4.78 is 20.1. The third-order valence-corrected chi connectivity index (χ3v) is 6.77. The second-order valence-corrected chi connectivity index (χ2v) is 10.5. The van der Waals surface area contributed by atoms with Gasteiger partial charge >= 0.3 is 6.09 Å². The zero-order valence-electron chi connectivity index (χ0n) is 19.6. The number of fused-ring (bicyclic) bond motifs is 2. The van der Waals surface area contributed by atoms with E-state index in [9.17, 15) is 9.18 Å². The number of anilines is 3. The first kappa shape index (κ1) is 23.0. The van der Waals surface area contributed by atoms with E-state index in [0.717, 1.165) is 27.6 Å². The number of carbonyl (C=O) groups excluding carboxylic acids is 1. The van der Waals surface area contributed by atoms with Gasteiger partial charge in [-0.1, -0.05) is 0 Å². The van der Waals surface area contributed by atoms with E-state index < -0.39 is 11.4 Å². The van der Waals surface area contributed by atoms with Crippen molar-refractivity contribution in [3.8, 4) is 10.7 Å². The van der Waals surface area contributed by atoms with Crippen molar-refractivity contribution < 1.29 is 13.9 Å². The lowest BCUT2D eigenvalue weighted by atomic mass is 10.1. The van der Waals surface area contributed by atoms with Crippen LogP contribution in [0.3, 0.4) is 0 Å². The van der Waals surface area contributed by atoms with E-state index in [1.54, 1.807) is 28.5 Å². The van der Waals surface area contributed by atoms with Gasteiger partial charge in [-0.05, 0) is 68.5 Å². The van der Waals surface area contributed by atoms with E-state index in [-0.39, 0.29) is 11.9 Å². The van der Waals surface area contributed by atoms with Gasteiger partial charge in [-0.3, -0.25) is 0 Å². The fourth-order valence-electron chi connectivity index (χ4n) is 3.91. The summed E-state index contributed by atoms with van der Waals surface area (Å²) in [6.45, 7) is 6.60. The summed E-state index contributed by atoms with van der Waals surface area (Å²) in [6, 6.07) is 9.32. The number of halogens is 1. The first-order valence-electron chi connectivity index (χ1n) is 11.2. The van der Waals surface area contributed by atoms with Crippen LogP contribution in [0.25, 0.3) is 21.5 Å². The molecule has 8 nitrogen and oxygen atoms in total. The Morgan fingerprint density at radius 1 is 1.23 bits per heavy atom. The molecule has 1 aromatic carbocycles. The molecule has 10 heteroatoms. The summed E-state index contributed by atoms with van der Waals surface area (Å²) in [5.74, 6) is 0.390. The molecule has 1 aliphatic heterocycles. The lowest BCUT2D eigenvalue weighted by molar-refractivity contribution is 0.0225. The molecule has 1 amide bonds. The number of ether oxygens (including phenoxy) is 1. The molecule has 1 aliphatic rings. The van der Waals surface area contributed by atoms with Crippen molar-refractivity contribution >= 4 is 45.5 Å². The van der Waals surface area contributed by atoms with Crippen molar-refractivity contribution in [3.05, 3.63) is 59.0 Å². The van der Waals surface area contributed by atoms with E-state index in [0.29, 0.717) is 30.4 Å². The molecule has 5 rings (SSSR count). The van der Waals surface area contributed by atoms with Crippen LogP contribution in [-0.2, 0) is 17.7 Å². The topological polar surface area (TPSA) is 106 Å². The highest BCUT2D eigenvalue weighted by Crippen LogP contribution is 2.34. The molecule has 0 saturated heterocycles. The number of amides is 1. The maximum absolute atomic E-state index is 14.6. The van der Waals surface area contributed by atoms with Gasteiger partial charge < -0.3 is 20.7 Å². The minimum absolute atomic E-state index is 0.0816. The molecular formula is C25H25FN6O2S. The number of nitrogens with one attached hydrogen (secondary N) is 1. The summed E-state index contributed by atoms with van der Waals surface area (Å²) in [7, 11) is 0. The number of nitrogens with two attached hydrogens (primary N) is 1. The smallest absolute Gasteiger partial charge is 0.410 e. The monoisotopic (exact) mass is 492 g/mol. The second-order valence-electron chi connectivity index (χ2n) is 9.36. The normalized spacial score (nSPS) is 13.5. The summed E-state index contributed by atoms with van der Waals surface area (Å²) >= 11 is 1.56. The zero-order chi connectivity index (χ0) is 24.7. The highest BCUT2D eigenvalue weighted by atomic mass is 32.1. The SMILES string of the molecule is CC(C)(C)OC(=O)N1CCc2sc(-c3ncc(F)c(Nc4ccc5c(N)nccc5c4)n3)cc2C1. The number of carbonyl (C=O) groups is 1. The van der Waals surface area contributed by atoms with Crippen molar-refractivity contribution in [1.29, 1.82) is 0 Å². The number of aromatic nitrogens is 3. The zero-order valence-corrected chi connectivity index (χ0v) is 20.4. The Morgan fingerprint density at radius 3 is 2.86 bits per heavy atom. The number of thiophene rings is 1. The number of hydrogen-bond donors (Lipinski definition) is 2. The lowest BCUT2D eigenvalue weighted by Crippen LogP contribution is -2.39. The quantitative estimate of drug-likeness (QED) is 0.388. The Labute approximate surface area is 206 Å². The summed E-state index contributed by atoms with van der Waals surface area (Å²) in [4.78, 5) is 28.9. The number of hydrogen-bond acceptors (Lipinski definition) is 8. The van der Waals surface area contributed by atoms with Crippen molar-refractivity contribution in [1.82, 2.24) is 19.9 Å². The molecule has 180 valence electrons. The average molecular weight is 493 g/mol. The minimum atomic E-state index is -0.555. The van der Waals surface area contributed by atoms with Crippen LogP contribution in [0.5, 0.6) is 0 Å². The Balaban J connectivity index is 1.38. The maximum Gasteiger partial charge on any atom is 0.410 e. The Morgan fingerprint density at radius 2 is 2.06 bits per heavy atom. The molecule has 0 atom stereocenters. The first-order valence-corrected chi connectivity index (χ1v) is 12.0. The second kappa shape index (κ2) is 8.77. The molecule has 35 heavy (non-hydrogen) atoms. The van der Waals surface area contributed by atoms with E-state index in [4.69, 9.17) is 10.5 Å². The van der Waals surface area contributed by atoms with Crippen LogP contribution in [-0.4, -0.2) is 38.1 Å². The third-order valence-electron chi connectivity index (χ3n) is 5.54. The third kappa shape index (κ3) is 4.88. The van der Waals surface area contributed by atoms with Crippen molar-refractivity contribution in [2.24, 2.45) is 0 Å². The van der Waals surface area contributed by atoms with Gasteiger partial charge in [0.2, 0.25) is 0 Å². The molecule has 0 bridgehead atoms. The molecule has 3 aromatic heterocycles. The van der Waals surface area contributed by atoms with Crippen LogP contribution in [0.4, 0.5) is 26.5 Å². The first-order chi connectivity index (χ1) is 16.7. The highest BCUT2D eigenvalue weighted by molar-refractivity contribution is 7.15. The maximum atomic E-state index is 14.6. The van der Waals surface area contributed by atoms with E-state index in [1.807, 2.05) is 45.0 Å². The van der Waals surface area contributed by atoms with Gasteiger partial charge in [0.1, 0.15) is 11.4 Å². The summed E-state index contributed by atoms with van der Waals surface area (Å²) in [6.07, 6.45) is 3.20. The van der Waals surface area contributed by atoms with Crippen LogP contribution < -0.4 is 11.1 Å². The molecule has 0 fully saturated rings. The number of pyridine rings is 1. The van der Waals surface area contributed by atoms with Crippen LogP contribution in [0.2, 0.25) is 0 Å². The van der Waals surface area contributed by atoms with Gasteiger partial charge in [0.15, 0.2) is 17.5 Å². The van der Waals surface area contributed by atoms with Gasteiger partial charge in [0.25, 0.3) is 0 Å². The van der Waals surface area contributed by atoms with E-state index in [1.165, 1.54) is 11.1 Å². The van der Waals surface area contributed by atoms with Crippen molar-refractivity contribution in [3.63, 3.8) is 0 Å². The standard InChI is InChI=1S/C25H25FN6O2S/c1-25(2,3)34-24(33)32-9-7-19-15(13-32)11-20(35-19)23-29-12-18(26)22(31-23)30-16-4-5-17-14(10-16)6-8-28-21(17)27/h4-6,8,10-12H,7,9,13H2,1-3H3,(H2,27,28)(H,29,30,31). The van der Waals surface area contributed by atoms with Gasteiger partial charge in [-0.25, -0.2) is 24.1 Å². The summed E-state index contributed by atoms with van der Waals surface area (Å²) in [5.41, 5.74) is 7.08. The average Bonchev–Trinajstić information content (AvgIpc) is 3.23. The number of rotatable bonds is 3. The fraction of sp³-hybridized carbons (Fsp3) is 0.280. The van der Waals surface area contributed by atoms with Crippen molar-refractivity contribution in [2.75, 3.05) is 17.6 Å². The number of benzene rings is 1. The predicted molar refractivity (Wildman–Crippen MR) is 135 cm³/mol. The highest BCUT2D eigenvalue weighted by Gasteiger charge is 2.27. The number of nitrogen functional groups attached to an aromatic ring is 1. The predicted octanol–water partition coefficient (Wildman–Crippen LogP) is 5.51. The largest absolute Gasteiger partial charge is 0.444 e. The van der Waals surface area contributed by atoms with Crippen LogP contribution in [0.1, 0.15) is 31.2 Å². The fourth-order valence-corrected chi connectivity index (χ4v) is 5.02. The van der Waals surface area contributed by atoms with Crippen LogP contribution in [0, 0.1) is 5.82 Å². The molecule has 0 spiro atoms. The molecular weight excluding hydrogens is 467 g/mol. The number of nitrogens with zero attached hydrogens (tertiary/aromatic N) is 4. The Kier molecular flexibility index (Phi) is 5.76. The molecule has 0 aliphatic carbocycles. The molecule has 4 heterocycles. The van der Waals surface area contributed by atoms with Gasteiger partial charge in [0.05, 0.1) is 17.6 Å². The molecule has 0 saturated carbocycles. The Hall–Kier alpha value is -3.79. The Bertz CT molecular complexity index is 1430. The van der Waals surface area contributed by atoms with Gasteiger partial charge in [-0.2, -0.15) is 0 Å².